The number of nitrogens with one attached hydrogen (secondary N) is 1. The van der Waals surface area contributed by atoms with E-state index in [1.165, 1.54) is 0 Å². The van der Waals surface area contributed by atoms with Gasteiger partial charge in [-0.05, 0) is 11.6 Å². The Morgan fingerprint density at radius 1 is 1.50 bits per heavy atom. The number of carbonyl (C=O) groups excluding carboxylic acids is 1. The SMILES string of the molecule is NCC#Cc1cccc2c1NC(=O)C2. The topological polar surface area (TPSA) is 55.1 Å². The lowest BCUT2D eigenvalue weighted by molar-refractivity contribution is -0.115. The average Bonchev–Trinajstić information content (AvgIpc) is 2.55. The number of para-hydroxylation sites is 1. The van der Waals surface area contributed by atoms with E-state index < -0.39 is 0 Å². The van der Waals surface area contributed by atoms with E-state index in [2.05, 4.69) is 17.2 Å². The minimum atomic E-state index is 0.0296. The zero-order chi connectivity index (χ0) is 9.97. The molecule has 0 saturated heterocycles. The van der Waals surface area contributed by atoms with Crippen LogP contribution in [0, 0.1) is 11.8 Å². The van der Waals surface area contributed by atoms with Gasteiger partial charge in [0.15, 0.2) is 0 Å². The van der Waals surface area contributed by atoms with Crippen molar-refractivity contribution in [3.05, 3.63) is 29.3 Å². The summed E-state index contributed by atoms with van der Waals surface area (Å²) in [6, 6.07) is 5.72. The molecule has 0 aromatic heterocycles. The minimum Gasteiger partial charge on any atom is -0.324 e. The molecule has 3 N–H and O–H groups in total. The second-order valence-electron chi connectivity index (χ2n) is 3.07. The van der Waals surface area contributed by atoms with Crippen LogP contribution in [-0.2, 0) is 11.2 Å². The molecule has 1 aromatic carbocycles. The second kappa shape index (κ2) is 3.52. The van der Waals surface area contributed by atoms with Crippen LogP contribution in [0.25, 0.3) is 0 Å². The summed E-state index contributed by atoms with van der Waals surface area (Å²) in [5.41, 5.74) is 7.99. The highest BCUT2D eigenvalue weighted by Gasteiger charge is 2.19. The van der Waals surface area contributed by atoms with Crippen LogP contribution >= 0.6 is 0 Å². The van der Waals surface area contributed by atoms with Gasteiger partial charge in [-0.2, -0.15) is 0 Å². The monoisotopic (exact) mass is 186 g/mol. The first kappa shape index (κ1) is 8.79. The van der Waals surface area contributed by atoms with Gasteiger partial charge in [-0.25, -0.2) is 0 Å². The zero-order valence-corrected chi connectivity index (χ0v) is 7.63. The molecular formula is C11H10N2O. The Labute approximate surface area is 82.3 Å². The van der Waals surface area contributed by atoms with Crippen molar-refractivity contribution < 1.29 is 4.79 Å². The van der Waals surface area contributed by atoms with Gasteiger partial charge < -0.3 is 11.1 Å². The minimum absolute atomic E-state index is 0.0296. The smallest absolute Gasteiger partial charge is 0.228 e. The van der Waals surface area contributed by atoms with E-state index in [0.717, 1.165) is 16.8 Å². The number of rotatable bonds is 0. The van der Waals surface area contributed by atoms with E-state index >= 15 is 0 Å². The molecule has 1 aromatic rings. The molecule has 70 valence electrons. The standard InChI is InChI=1S/C11H10N2O/c12-6-2-5-8-3-1-4-9-7-10(14)13-11(8)9/h1,3-4H,6-7,12H2,(H,13,14). The average molecular weight is 186 g/mol. The Kier molecular flexibility index (Phi) is 2.21. The molecule has 0 spiro atoms. The van der Waals surface area contributed by atoms with Crippen LogP contribution in [-0.4, -0.2) is 12.5 Å². The van der Waals surface area contributed by atoms with Crippen LogP contribution in [0.3, 0.4) is 0 Å². The number of anilines is 1. The van der Waals surface area contributed by atoms with Crippen LogP contribution in [0.1, 0.15) is 11.1 Å². The first-order valence-corrected chi connectivity index (χ1v) is 4.42. The van der Waals surface area contributed by atoms with Gasteiger partial charge in [-0.15, -0.1) is 0 Å². The summed E-state index contributed by atoms with van der Waals surface area (Å²) in [4.78, 5) is 11.1. The van der Waals surface area contributed by atoms with Crippen molar-refractivity contribution in [2.75, 3.05) is 11.9 Å². The van der Waals surface area contributed by atoms with E-state index in [4.69, 9.17) is 5.73 Å². The lowest BCUT2D eigenvalue weighted by atomic mass is 10.1. The van der Waals surface area contributed by atoms with Gasteiger partial charge in [0, 0.05) is 5.56 Å². The number of nitrogens with two attached hydrogens (primary N) is 1. The zero-order valence-electron chi connectivity index (χ0n) is 7.63. The van der Waals surface area contributed by atoms with E-state index in [-0.39, 0.29) is 5.91 Å². The van der Waals surface area contributed by atoms with Crippen LogP contribution in [0.4, 0.5) is 5.69 Å². The number of carbonyl (C=O) groups is 1. The van der Waals surface area contributed by atoms with Gasteiger partial charge in [0.2, 0.25) is 5.91 Å². The Hall–Kier alpha value is -1.79. The van der Waals surface area contributed by atoms with Crippen LogP contribution in [0.5, 0.6) is 0 Å². The number of hydrogen-bond donors (Lipinski definition) is 2. The Morgan fingerprint density at radius 3 is 3.14 bits per heavy atom. The van der Waals surface area contributed by atoms with E-state index in [1.54, 1.807) is 0 Å². The Morgan fingerprint density at radius 2 is 2.36 bits per heavy atom. The number of benzene rings is 1. The third kappa shape index (κ3) is 1.48. The fraction of sp³-hybridized carbons (Fsp3) is 0.182. The Bertz CT molecular complexity index is 440. The molecule has 0 radical (unpaired) electrons. The van der Waals surface area contributed by atoms with E-state index in [9.17, 15) is 4.79 Å². The fourth-order valence-corrected chi connectivity index (χ4v) is 1.50. The molecule has 0 saturated carbocycles. The molecule has 1 amide bonds. The molecular weight excluding hydrogens is 176 g/mol. The van der Waals surface area contributed by atoms with Crippen LogP contribution in [0.15, 0.2) is 18.2 Å². The summed E-state index contributed by atoms with van der Waals surface area (Å²) < 4.78 is 0. The van der Waals surface area contributed by atoms with Gasteiger partial charge in [-0.1, -0.05) is 24.0 Å². The second-order valence-corrected chi connectivity index (χ2v) is 3.07. The molecule has 0 fully saturated rings. The van der Waals surface area contributed by atoms with Gasteiger partial charge >= 0.3 is 0 Å². The van der Waals surface area contributed by atoms with E-state index in [1.807, 2.05) is 18.2 Å². The highest BCUT2D eigenvalue weighted by Crippen LogP contribution is 2.26. The van der Waals surface area contributed by atoms with Crippen molar-refractivity contribution in [2.45, 2.75) is 6.42 Å². The van der Waals surface area contributed by atoms with Gasteiger partial charge in [0.25, 0.3) is 0 Å². The third-order valence-electron chi connectivity index (χ3n) is 2.09. The first-order valence-electron chi connectivity index (χ1n) is 4.42. The maximum Gasteiger partial charge on any atom is 0.228 e. The predicted octanol–water partition coefficient (Wildman–Crippen LogP) is 0.491. The van der Waals surface area contributed by atoms with Crippen molar-refractivity contribution >= 4 is 11.6 Å². The molecule has 0 atom stereocenters. The summed E-state index contributed by atoms with van der Waals surface area (Å²) in [5.74, 6) is 5.74. The van der Waals surface area contributed by atoms with E-state index in [0.29, 0.717) is 13.0 Å². The maximum absolute atomic E-state index is 11.1. The molecule has 14 heavy (non-hydrogen) atoms. The summed E-state index contributed by atoms with van der Waals surface area (Å²) in [5, 5.41) is 2.79. The lowest BCUT2D eigenvalue weighted by Gasteiger charge is -2.00. The van der Waals surface area contributed by atoms with Crippen molar-refractivity contribution in [3.63, 3.8) is 0 Å². The highest BCUT2D eigenvalue weighted by molar-refractivity contribution is 6.00. The highest BCUT2D eigenvalue weighted by atomic mass is 16.1. The molecule has 0 bridgehead atoms. The molecule has 2 rings (SSSR count). The van der Waals surface area contributed by atoms with Crippen molar-refractivity contribution in [3.8, 4) is 11.8 Å². The third-order valence-corrected chi connectivity index (χ3v) is 2.09. The predicted molar refractivity (Wildman–Crippen MR) is 54.7 cm³/mol. The molecule has 0 unspecified atom stereocenters. The summed E-state index contributed by atoms with van der Waals surface area (Å²) in [6.45, 7) is 0.331. The normalized spacial score (nSPS) is 12.8. The summed E-state index contributed by atoms with van der Waals surface area (Å²) in [6.07, 6.45) is 0.452. The van der Waals surface area contributed by atoms with Crippen molar-refractivity contribution in [1.29, 1.82) is 0 Å². The largest absolute Gasteiger partial charge is 0.324 e. The molecule has 3 nitrogen and oxygen atoms in total. The number of fused-ring (bicyclic) bond motifs is 1. The molecule has 0 aliphatic carbocycles. The van der Waals surface area contributed by atoms with Gasteiger partial charge in [0.05, 0.1) is 18.7 Å². The van der Waals surface area contributed by atoms with Crippen LogP contribution < -0.4 is 11.1 Å². The quantitative estimate of drug-likeness (QED) is 0.579. The molecule has 1 heterocycles. The number of hydrogen-bond acceptors (Lipinski definition) is 2. The molecule has 3 heteroatoms. The number of amides is 1. The van der Waals surface area contributed by atoms with Crippen LogP contribution in [0.2, 0.25) is 0 Å². The fourth-order valence-electron chi connectivity index (χ4n) is 1.50. The van der Waals surface area contributed by atoms with Crippen molar-refractivity contribution in [2.24, 2.45) is 5.73 Å². The summed E-state index contributed by atoms with van der Waals surface area (Å²) in [7, 11) is 0. The maximum atomic E-state index is 11.1. The van der Waals surface area contributed by atoms with Gasteiger partial charge in [-0.3, -0.25) is 4.79 Å². The Balaban J connectivity index is 2.44. The lowest BCUT2D eigenvalue weighted by Crippen LogP contribution is -2.04. The molecule has 1 aliphatic heterocycles. The van der Waals surface area contributed by atoms with Crippen molar-refractivity contribution in [1.82, 2.24) is 0 Å². The van der Waals surface area contributed by atoms with Gasteiger partial charge in [0.1, 0.15) is 0 Å². The summed E-state index contributed by atoms with van der Waals surface area (Å²) >= 11 is 0. The first-order chi connectivity index (χ1) is 6.81. The molecule has 1 aliphatic rings.